The lowest BCUT2D eigenvalue weighted by Crippen LogP contribution is -2.56. The van der Waals surface area contributed by atoms with E-state index in [1.807, 2.05) is 0 Å². The van der Waals surface area contributed by atoms with E-state index in [1.165, 1.54) is 12.8 Å². The third-order valence-electron chi connectivity index (χ3n) is 6.99. The molecule has 100 valence electrons. The fraction of sp³-hybridized carbons (Fsp3) is 1.00. The Bertz CT molecular complexity index is 313. The van der Waals surface area contributed by atoms with Crippen LogP contribution in [-0.2, 0) is 0 Å². The Labute approximate surface area is 107 Å². The quantitative estimate of drug-likeness (QED) is 0.730. The van der Waals surface area contributed by atoms with Crippen molar-refractivity contribution in [1.29, 1.82) is 0 Å². The van der Waals surface area contributed by atoms with Crippen molar-refractivity contribution in [2.45, 2.75) is 65.1 Å². The Morgan fingerprint density at radius 3 is 1.71 bits per heavy atom. The van der Waals surface area contributed by atoms with Crippen molar-refractivity contribution < 1.29 is 0 Å². The van der Waals surface area contributed by atoms with Crippen molar-refractivity contribution >= 4 is 0 Å². The van der Waals surface area contributed by atoms with Gasteiger partial charge in [0.2, 0.25) is 0 Å². The largest absolute Gasteiger partial charge is 0.303 e. The minimum Gasteiger partial charge on any atom is -0.303 e. The molecule has 1 aliphatic carbocycles. The van der Waals surface area contributed by atoms with Crippen molar-refractivity contribution in [3.63, 3.8) is 0 Å². The summed E-state index contributed by atoms with van der Waals surface area (Å²) in [4.78, 5) is 5.08. The maximum Gasteiger partial charge on any atom is 0.0279 e. The van der Waals surface area contributed by atoms with Crippen LogP contribution in [0, 0.1) is 10.8 Å². The van der Waals surface area contributed by atoms with E-state index in [4.69, 9.17) is 0 Å². The van der Waals surface area contributed by atoms with Gasteiger partial charge in [-0.3, -0.25) is 4.90 Å². The van der Waals surface area contributed by atoms with E-state index in [1.54, 1.807) is 0 Å². The molecule has 2 heteroatoms. The lowest BCUT2D eigenvalue weighted by Gasteiger charge is -2.51. The minimum absolute atomic E-state index is 0.363. The van der Waals surface area contributed by atoms with E-state index in [-0.39, 0.29) is 0 Å². The SMILES string of the molecule is CC1N(C)C(C)C(C)(C2(N(C)C)CC2)C1(C)C. The van der Waals surface area contributed by atoms with Gasteiger partial charge in [0, 0.05) is 23.0 Å². The molecule has 0 N–H and O–H groups in total. The molecule has 0 aromatic rings. The molecule has 0 aromatic carbocycles. The molecule has 0 aromatic heterocycles. The molecule has 2 aliphatic rings. The molecule has 2 nitrogen and oxygen atoms in total. The lowest BCUT2D eigenvalue weighted by molar-refractivity contribution is -0.00657. The van der Waals surface area contributed by atoms with E-state index in [0.717, 1.165) is 0 Å². The number of nitrogens with zero attached hydrogens (tertiary/aromatic N) is 2. The molecule has 0 amide bonds. The summed E-state index contributed by atoms with van der Waals surface area (Å²) in [6, 6.07) is 1.30. The zero-order valence-electron chi connectivity index (χ0n) is 13.0. The molecule has 0 spiro atoms. The van der Waals surface area contributed by atoms with E-state index in [2.05, 4.69) is 65.6 Å². The Morgan fingerprint density at radius 1 is 1.00 bits per heavy atom. The molecule has 1 saturated heterocycles. The zero-order valence-corrected chi connectivity index (χ0v) is 13.0. The van der Waals surface area contributed by atoms with Crippen LogP contribution < -0.4 is 0 Å². The molecular formula is C15H30N2. The molecule has 3 unspecified atom stereocenters. The van der Waals surface area contributed by atoms with Gasteiger partial charge < -0.3 is 4.90 Å². The van der Waals surface area contributed by atoms with Crippen molar-refractivity contribution in [2.75, 3.05) is 21.1 Å². The molecule has 2 fully saturated rings. The number of hydrogen-bond donors (Lipinski definition) is 0. The highest BCUT2D eigenvalue weighted by Gasteiger charge is 2.70. The lowest BCUT2D eigenvalue weighted by atomic mass is 9.58. The Kier molecular flexibility index (Phi) is 2.73. The standard InChI is InChI=1S/C15H30N2/c1-11-13(3,4)14(5,12(2)17(11)8)15(9-10-15)16(6)7/h11-12H,9-10H2,1-8H3. The van der Waals surface area contributed by atoms with E-state index in [0.29, 0.717) is 28.5 Å². The first-order valence-corrected chi connectivity index (χ1v) is 7.02. The van der Waals surface area contributed by atoms with Crippen LogP contribution in [0.15, 0.2) is 0 Å². The molecule has 1 saturated carbocycles. The van der Waals surface area contributed by atoms with Crippen molar-refractivity contribution in [3.8, 4) is 0 Å². The predicted octanol–water partition coefficient (Wildman–Crippen LogP) is 2.84. The summed E-state index contributed by atoms with van der Waals surface area (Å²) in [6.07, 6.45) is 2.73. The van der Waals surface area contributed by atoms with Crippen LogP contribution in [0.4, 0.5) is 0 Å². The van der Waals surface area contributed by atoms with Crippen molar-refractivity contribution in [3.05, 3.63) is 0 Å². The molecule has 0 bridgehead atoms. The normalized spacial score (nSPS) is 44.3. The van der Waals surface area contributed by atoms with Crippen LogP contribution in [0.2, 0.25) is 0 Å². The van der Waals surface area contributed by atoms with Gasteiger partial charge in [0.25, 0.3) is 0 Å². The van der Waals surface area contributed by atoms with Gasteiger partial charge >= 0.3 is 0 Å². The number of rotatable bonds is 2. The average Bonchev–Trinajstić information content (AvgIpc) is 3.03. The second-order valence-corrected chi connectivity index (χ2v) is 7.37. The van der Waals surface area contributed by atoms with Gasteiger partial charge in [-0.1, -0.05) is 20.8 Å². The van der Waals surface area contributed by atoms with Gasteiger partial charge in [-0.15, -0.1) is 0 Å². The molecular weight excluding hydrogens is 208 g/mol. The highest BCUT2D eigenvalue weighted by molar-refractivity contribution is 5.24. The first-order valence-electron chi connectivity index (χ1n) is 7.02. The Morgan fingerprint density at radius 2 is 1.47 bits per heavy atom. The van der Waals surface area contributed by atoms with Crippen LogP contribution in [0.25, 0.3) is 0 Å². The fourth-order valence-corrected chi connectivity index (χ4v) is 4.76. The Balaban J connectivity index is 2.49. The molecule has 2 rings (SSSR count). The topological polar surface area (TPSA) is 6.48 Å². The van der Waals surface area contributed by atoms with Gasteiger partial charge in [0.15, 0.2) is 0 Å². The van der Waals surface area contributed by atoms with Crippen molar-refractivity contribution in [2.24, 2.45) is 10.8 Å². The van der Waals surface area contributed by atoms with Crippen LogP contribution >= 0.6 is 0 Å². The van der Waals surface area contributed by atoms with Crippen LogP contribution in [0.5, 0.6) is 0 Å². The minimum atomic E-state index is 0.363. The predicted molar refractivity (Wildman–Crippen MR) is 74.2 cm³/mol. The molecule has 1 aliphatic heterocycles. The van der Waals surface area contributed by atoms with E-state index < -0.39 is 0 Å². The second kappa shape index (κ2) is 3.48. The number of likely N-dealkylation sites (tertiary alicyclic amines) is 1. The monoisotopic (exact) mass is 238 g/mol. The first kappa shape index (κ1) is 13.4. The maximum absolute atomic E-state index is 2.59. The van der Waals surface area contributed by atoms with E-state index in [9.17, 15) is 0 Å². The summed E-state index contributed by atoms with van der Waals surface area (Å²) < 4.78 is 0. The van der Waals surface area contributed by atoms with Gasteiger partial charge in [0.1, 0.15) is 0 Å². The summed E-state index contributed by atoms with van der Waals surface area (Å²) in [5, 5.41) is 0. The third kappa shape index (κ3) is 1.29. The molecule has 3 atom stereocenters. The summed E-state index contributed by atoms with van der Waals surface area (Å²) in [6.45, 7) is 12.3. The van der Waals surface area contributed by atoms with Gasteiger partial charge in [0.05, 0.1) is 0 Å². The van der Waals surface area contributed by atoms with Gasteiger partial charge in [-0.2, -0.15) is 0 Å². The van der Waals surface area contributed by atoms with Gasteiger partial charge in [-0.05, 0) is 53.2 Å². The highest BCUT2D eigenvalue weighted by Crippen LogP contribution is 2.67. The fourth-order valence-electron chi connectivity index (χ4n) is 4.76. The van der Waals surface area contributed by atoms with Gasteiger partial charge in [-0.25, -0.2) is 0 Å². The number of hydrogen-bond acceptors (Lipinski definition) is 2. The summed E-state index contributed by atoms with van der Waals surface area (Å²) in [5.74, 6) is 0. The van der Waals surface area contributed by atoms with Crippen molar-refractivity contribution in [1.82, 2.24) is 9.80 Å². The van der Waals surface area contributed by atoms with Crippen LogP contribution in [0.1, 0.15) is 47.5 Å². The third-order valence-corrected chi connectivity index (χ3v) is 6.99. The average molecular weight is 238 g/mol. The maximum atomic E-state index is 2.59. The second-order valence-electron chi connectivity index (χ2n) is 7.37. The van der Waals surface area contributed by atoms with E-state index >= 15 is 0 Å². The smallest absolute Gasteiger partial charge is 0.0279 e. The van der Waals surface area contributed by atoms with Crippen LogP contribution in [0.3, 0.4) is 0 Å². The summed E-state index contributed by atoms with van der Waals surface area (Å²) in [7, 11) is 6.84. The first-order chi connectivity index (χ1) is 7.63. The molecule has 1 heterocycles. The zero-order chi connectivity index (χ0) is 13.2. The summed E-state index contributed by atoms with van der Waals surface area (Å²) >= 11 is 0. The molecule has 0 radical (unpaired) electrons. The Hall–Kier alpha value is -0.0800. The van der Waals surface area contributed by atoms with Crippen LogP contribution in [-0.4, -0.2) is 48.6 Å². The highest BCUT2D eigenvalue weighted by atomic mass is 15.3. The summed E-state index contributed by atoms with van der Waals surface area (Å²) in [5.41, 5.74) is 1.16. The molecule has 17 heavy (non-hydrogen) atoms.